The van der Waals surface area contributed by atoms with Crippen molar-refractivity contribution >= 4 is 33.0 Å². The Labute approximate surface area is 183 Å². The van der Waals surface area contributed by atoms with Crippen LogP contribution in [0.3, 0.4) is 0 Å². The fourth-order valence-corrected chi connectivity index (χ4v) is 3.86. The van der Waals surface area contributed by atoms with Gasteiger partial charge in [0.05, 0.1) is 33.4 Å². The lowest BCUT2D eigenvalue weighted by Crippen LogP contribution is -2.17. The molecule has 0 saturated carbocycles. The zero-order valence-electron chi connectivity index (χ0n) is 16.7. The molecule has 0 heterocycles. The Morgan fingerprint density at radius 2 is 1.84 bits per heavy atom. The number of sulfonamides is 1. The summed E-state index contributed by atoms with van der Waals surface area (Å²) in [6, 6.07) is 14.1. The lowest BCUT2D eigenvalue weighted by Gasteiger charge is -2.14. The normalized spacial score (nSPS) is 10.9. The predicted octanol–water partition coefficient (Wildman–Crippen LogP) is 4.19. The Balaban J connectivity index is 1.93. The maximum atomic E-state index is 13.9. The summed E-state index contributed by atoms with van der Waals surface area (Å²) in [5.74, 6) is -1.34. The Morgan fingerprint density at radius 1 is 1.09 bits per heavy atom. The average Bonchev–Trinajstić information content (AvgIpc) is 2.75. The number of nitro benzene ring substituents is 1. The largest absolute Gasteiger partial charge is 0.492 e. The lowest BCUT2D eigenvalue weighted by atomic mass is 10.2. The maximum absolute atomic E-state index is 13.9. The van der Waals surface area contributed by atoms with E-state index in [1.54, 1.807) is 6.92 Å². The second kappa shape index (κ2) is 9.43. The molecule has 0 atom stereocenters. The van der Waals surface area contributed by atoms with Gasteiger partial charge in [0.15, 0.2) is 0 Å². The number of non-ortho nitro benzene ring substituents is 1. The molecular formula is C21H18FN3O6S. The van der Waals surface area contributed by atoms with Crippen molar-refractivity contribution in [3.05, 3.63) is 88.2 Å². The van der Waals surface area contributed by atoms with E-state index in [1.807, 2.05) is 0 Å². The SMILES string of the molecule is CCOc1ccc(S(=O)(=O)Nc2cccc([N+](=O)[O-])c2)cc1NC(=O)c1ccccc1F. The molecule has 0 aromatic heterocycles. The molecule has 0 bridgehead atoms. The van der Waals surface area contributed by atoms with E-state index in [0.29, 0.717) is 0 Å². The highest BCUT2D eigenvalue weighted by atomic mass is 32.2. The van der Waals surface area contributed by atoms with Crippen LogP contribution in [-0.2, 0) is 10.0 Å². The second-order valence-electron chi connectivity index (χ2n) is 6.44. The van der Waals surface area contributed by atoms with Crippen molar-refractivity contribution in [3.8, 4) is 5.75 Å². The van der Waals surface area contributed by atoms with Crippen LogP contribution in [0.2, 0.25) is 0 Å². The monoisotopic (exact) mass is 459 g/mol. The number of amides is 1. The first-order valence-corrected chi connectivity index (χ1v) is 10.8. The molecule has 0 unspecified atom stereocenters. The van der Waals surface area contributed by atoms with Crippen molar-refractivity contribution in [3.63, 3.8) is 0 Å². The number of ether oxygens (including phenoxy) is 1. The zero-order chi connectivity index (χ0) is 23.3. The van der Waals surface area contributed by atoms with Crippen molar-refractivity contribution in [1.29, 1.82) is 0 Å². The molecule has 0 aliphatic carbocycles. The molecule has 1 amide bonds. The molecule has 2 N–H and O–H groups in total. The summed E-state index contributed by atoms with van der Waals surface area (Å²) in [6.07, 6.45) is 0. The van der Waals surface area contributed by atoms with Crippen molar-refractivity contribution in [2.24, 2.45) is 0 Å². The molecule has 3 aromatic rings. The number of nitrogens with zero attached hydrogens (tertiary/aromatic N) is 1. The van der Waals surface area contributed by atoms with Gasteiger partial charge in [0, 0.05) is 12.1 Å². The Kier molecular flexibility index (Phi) is 6.69. The van der Waals surface area contributed by atoms with Gasteiger partial charge in [-0.05, 0) is 43.3 Å². The van der Waals surface area contributed by atoms with Crippen molar-refractivity contribution < 1.29 is 27.3 Å². The topological polar surface area (TPSA) is 128 Å². The van der Waals surface area contributed by atoms with E-state index in [9.17, 15) is 27.7 Å². The number of carbonyl (C=O) groups is 1. The predicted molar refractivity (Wildman–Crippen MR) is 116 cm³/mol. The standard InChI is InChI=1S/C21H18FN3O6S/c1-2-31-20-11-10-16(13-19(20)23-21(26)17-8-3-4-9-18(17)22)32(29,30)24-14-6-5-7-15(12-14)25(27)28/h3-13,24H,2H2,1H3,(H,23,26). The molecule has 0 aliphatic heterocycles. The van der Waals surface area contributed by atoms with Gasteiger partial charge in [-0.25, -0.2) is 12.8 Å². The summed E-state index contributed by atoms with van der Waals surface area (Å²) in [5.41, 5.74) is -0.500. The number of carbonyl (C=O) groups excluding carboxylic acids is 1. The average molecular weight is 459 g/mol. The molecule has 3 aromatic carbocycles. The summed E-state index contributed by atoms with van der Waals surface area (Å²) in [5, 5.41) is 13.4. The van der Waals surface area contributed by atoms with Crippen LogP contribution in [-0.4, -0.2) is 25.9 Å². The van der Waals surface area contributed by atoms with E-state index in [2.05, 4.69) is 10.0 Å². The van der Waals surface area contributed by atoms with Crippen LogP contribution in [0.4, 0.5) is 21.5 Å². The molecule has 0 spiro atoms. The summed E-state index contributed by atoms with van der Waals surface area (Å²) < 4.78 is 47.3. The van der Waals surface area contributed by atoms with E-state index in [4.69, 9.17) is 4.74 Å². The molecule has 166 valence electrons. The van der Waals surface area contributed by atoms with Crippen LogP contribution in [0.5, 0.6) is 5.75 Å². The molecule has 9 nitrogen and oxygen atoms in total. The Hall–Kier alpha value is -3.99. The van der Waals surface area contributed by atoms with Gasteiger partial charge >= 0.3 is 0 Å². The number of hydrogen-bond acceptors (Lipinski definition) is 6. The van der Waals surface area contributed by atoms with Gasteiger partial charge in [-0.3, -0.25) is 19.6 Å². The number of anilines is 2. The van der Waals surface area contributed by atoms with Gasteiger partial charge in [0.25, 0.3) is 21.6 Å². The molecule has 11 heteroatoms. The summed E-state index contributed by atoms with van der Waals surface area (Å²) in [4.78, 5) is 22.5. The molecule has 3 rings (SSSR count). The third-order valence-corrected chi connectivity index (χ3v) is 5.62. The highest BCUT2D eigenvalue weighted by Crippen LogP contribution is 2.30. The minimum Gasteiger partial charge on any atom is -0.492 e. The van der Waals surface area contributed by atoms with Crippen LogP contribution >= 0.6 is 0 Å². The first-order chi connectivity index (χ1) is 15.2. The number of halogens is 1. The van der Waals surface area contributed by atoms with Gasteiger partial charge in [-0.2, -0.15) is 0 Å². The van der Waals surface area contributed by atoms with Crippen LogP contribution in [0.25, 0.3) is 0 Å². The first kappa shape index (κ1) is 22.7. The second-order valence-corrected chi connectivity index (χ2v) is 8.12. The van der Waals surface area contributed by atoms with E-state index in [-0.39, 0.29) is 39.9 Å². The smallest absolute Gasteiger partial charge is 0.271 e. The Morgan fingerprint density at radius 3 is 2.53 bits per heavy atom. The fraction of sp³-hybridized carbons (Fsp3) is 0.0952. The number of nitro groups is 1. The summed E-state index contributed by atoms with van der Waals surface area (Å²) in [7, 11) is -4.17. The van der Waals surface area contributed by atoms with Gasteiger partial charge in [-0.15, -0.1) is 0 Å². The van der Waals surface area contributed by atoms with E-state index in [0.717, 1.165) is 18.2 Å². The summed E-state index contributed by atoms with van der Waals surface area (Å²) in [6.45, 7) is 1.94. The van der Waals surface area contributed by atoms with Gasteiger partial charge < -0.3 is 10.1 Å². The van der Waals surface area contributed by atoms with Crippen molar-refractivity contribution in [2.75, 3.05) is 16.6 Å². The number of hydrogen-bond donors (Lipinski definition) is 2. The number of rotatable bonds is 8. The molecule has 0 saturated heterocycles. The highest BCUT2D eigenvalue weighted by Gasteiger charge is 2.20. The minimum absolute atomic E-state index is 0.00923. The van der Waals surface area contributed by atoms with Gasteiger partial charge in [0.1, 0.15) is 11.6 Å². The fourth-order valence-electron chi connectivity index (χ4n) is 2.79. The third-order valence-electron chi connectivity index (χ3n) is 4.24. The maximum Gasteiger partial charge on any atom is 0.271 e. The zero-order valence-corrected chi connectivity index (χ0v) is 17.6. The molecule has 0 radical (unpaired) electrons. The molecule has 32 heavy (non-hydrogen) atoms. The lowest BCUT2D eigenvalue weighted by molar-refractivity contribution is -0.384. The van der Waals surface area contributed by atoms with Crippen LogP contribution < -0.4 is 14.8 Å². The first-order valence-electron chi connectivity index (χ1n) is 9.31. The number of nitrogens with one attached hydrogen (secondary N) is 2. The van der Waals surface area contributed by atoms with Crippen LogP contribution in [0, 0.1) is 15.9 Å². The number of benzene rings is 3. The molecular weight excluding hydrogens is 441 g/mol. The third kappa shape index (κ3) is 5.19. The minimum atomic E-state index is -4.17. The van der Waals surface area contributed by atoms with Crippen molar-refractivity contribution in [1.82, 2.24) is 0 Å². The van der Waals surface area contributed by atoms with Gasteiger partial charge in [0.2, 0.25) is 0 Å². The highest BCUT2D eigenvalue weighted by molar-refractivity contribution is 7.92. The van der Waals surface area contributed by atoms with Crippen LogP contribution in [0.15, 0.2) is 71.6 Å². The van der Waals surface area contributed by atoms with Gasteiger partial charge in [-0.1, -0.05) is 18.2 Å². The van der Waals surface area contributed by atoms with Crippen LogP contribution in [0.1, 0.15) is 17.3 Å². The summed E-state index contributed by atoms with van der Waals surface area (Å²) >= 11 is 0. The van der Waals surface area contributed by atoms with E-state index in [1.165, 1.54) is 48.5 Å². The molecule has 0 fully saturated rings. The Bertz CT molecular complexity index is 1280. The quantitative estimate of drug-likeness (QED) is 0.384. The van der Waals surface area contributed by atoms with E-state index >= 15 is 0 Å². The van der Waals surface area contributed by atoms with Crippen molar-refractivity contribution in [2.45, 2.75) is 11.8 Å². The molecule has 0 aliphatic rings. The van der Waals surface area contributed by atoms with E-state index < -0.39 is 26.7 Å².